The fourth-order valence-corrected chi connectivity index (χ4v) is 4.92. The molecule has 0 aliphatic carbocycles. The van der Waals surface area contributed by atoms with Crippen molar-refractivity contribution in [3.63, 3.8) is 0 Å². The summed E-state index contributed by atoms with van der Waals surface area (Å²) < 4.78 is 19.2. The maximum absolute atomic E-state index is 13.2. The molecule has 3 N–H and O–H groups in total. The zero-order valence-corrected chi connectivity index (χ0v) is 25.2. The Kier molecular flexibility index (Phi) is 9.72. The Morgan fingerprint density at radius 3 is 2.67 bits per heavy atom. The van der Waals surface area contributed by atoms with Crippen LogP contribution >= 0.6 is 0 Å². The number of carbonyl (C=O) groups excluding carboxylic acids is 2. The molecule has 1 fully saturated rings. The van der Waals surface area contributed by atoms with Crippen LogP contribution in [0.3, 0.4) is 0 Å². The Labute approximate surface area is 250 Å². The van der Waals surface area contributed by atoms with Gasteiger partial charge in [-0.05, 0) is 43.5 Å². The topological polar surface area (TPSA) is 144 Å². The highest BCUT2D eigenvalue weighted by Gasteiger charge is 2.21. The largest absolute Gasteiger partial charge is 0.491 e. The highest BCUT2D eigenvalue weighted by Crippen LogP contribution is 2.37. The first-order chi connectivity index (χ1) is 20.8. The van der Waals surface area contributed by atoms with Gasteiger partial charge in [0.15, 0.2) is 11.5 Å². The maximum atomic E-state index is 13.2. The molecule has 43 heavy (non-hydrogen) atoms. The monoisotopic (exact) mass is 592 g/mol. The third-order valence-corrected chi connectivity index (χ3v) is 7.70. The van der Waals surface area contributed by atoms with Crippen LogP contribution in [0.5, 0.6) is 11.5 Å². The number of hydrogen-bond donors (Lipinski definition) is 3. The lowest BCUT2D eigenvalue weighted by Crippen LogP contribution is -2.39. The molecule has 2 aromatic heterocycles. The number of anilines is 2. The van der Waals surface area contributed by atoms with Gasteiger partial charge >= 0.3 is 6.03 Å². The van der Waals surface area contributed by atoms with E-state index >= 15 is 0 Å². The first-order valence-electron chi connectivity index (χ1n) is 14.7. The number of pyridine rings is 1. The standard InChI is InChI=1S/C30H40N8O5/c1-19(2)20(3)33-30(40)34-24-9-6-21(18-32-24)28(39)36-29-35-25-22(27-31-10-12-38(27)29)7-8-23(26(25)41-4)43-15-5-11-37-13-16-42-17-14-37/h6-9,18-20,31H,5,10-17H2,1-4H3,(H2,32,33,34,40). The van der Waals surface area contributed by atoms with Crippen molar-refractivity contribution in [2.45, 2.75) is 39.8 Å². The molecule has 0 bridgehead atoms. The molecule has 2 aliphatic heterocycles. The molecule has 230 valence electrons. The normalized spacial score (nSPS) is 16.1. The lowest BCUT2D eigenvalue weighted by Gasteiger charge is -2.26. The number of amides is 3. The van der Waals surface area contributed by atoms with Crippen LogP contribution in [0.2, 0.25) is 0 Å². The van der Waals surface area contributed by atoms with E-state index in [9.17, 15) is 9.59 Å². The number of carbonyl (C=O) groups is 2. The third-order valence-electron chi connectivity index (χ3n) is 7.70. The first-order valence-corrected chi connectivity index (χ1v) is 14.7. The molecular weight excluding hydrogens is 552 g/mol. The molecule has 0 saturated carbocycles. The summed E-state index contributed by atoms with van der Waals surface area (Å²) in [5, 5.41) is 9.78. The van der Waals surface area contributed by atoms with Crippen molar-refractivity contribution in [3.05, 3.63) is 41.6 Å². The zero-order chi connectivity index (χ0) is 30.3. The minimum Gasteiger partial charge on any atom is -0.491 e. The van der Waals surface area contributed by atoms with Crippen molar-refractivity contribution in [1.29, 1.82) is 0 Å². The number of ether oxygens (including phenoxy) is 3. The van der Waals surface area contributed by atoms with Crippen LogP contribution in [-0.4, -0.2) is 90.5 Å². The van der Waals surface area contributed by atoms with Gasteiger partial charge in [-0.1, -0.05) is 13.8 Å². The fourth-order valence-electron chi connectivity index (χ4n) is 4.92. The van der Waals surface area contributed by atoms with Gasteiger partial charge in [0.2, 0.25) is 5.62 Å². The predicted molar refractivity (Wildman–Crippen MR) is 163 cm³/mol. The van der Waals surface area contributed by atoms with E-state index in [1.165, 1.54) is 6.20 Å². The number of fused-ring (bicyclic) bond motifs is 3. The summed E-state index contributed by atoms with van der Waals surface area (Å²) >= 11 is 0. The average Bonchev–Trinajstić information content (AvgIpc) is 3.50. The molecule has 0 spiro atoms. The summed E-state index contributed by atoms with van der Waals surface area (Å²) in [6.07, 6.45) is 2.26. The Bertz CT molecular complexity index is 1520. The maximum Gasteiger partial charge on any atom is 0.320 e. The molecular formula is C30H40N8O5. The molecule has 0 radical (unpaired) electrons. The van der Waals surface area contributed by atoms with Crippen molar-refractivity contribution in [1.82, 2.24) is 24.8 Å². The van der Waals surface area contributed by atoms with Crippen LogP contribution in [-0.2, 0) is 11.3 Å². The van der Waals surface area contributed by atoms with Crippen molar-refractivity contribution in [2.24, 2.45) is 10.9 Å². The molecule has 3 aromatic rings. The second kappa shape index (κ2) is 13.8. The van der Waals surface area contributed by atoms with Gasteiger partial charge in [0, 0.05) is 50.3 Å². The van der Waals surface area contributed by atoms with Crippen LogP contribution in [0.25, 0.3) is 10.9 Å². The lowest BCUT2D eigenvalue weighted by molar-refractivity contribution is 0.0357. The third kappa shape index (κ3) is 7.23. The van der Waals surface area contributed by atoms with Crippen molar-refractivity contribution < 1.29 is 23.8 Å². The summed E-state index contributed by atoms with van der Waals surface area (Å²) in [6.45, 7) is 12.2. The lowest BCUT2D eigenvalue weighted by atomic mass is 10.1. The van der Waals surface area contributed by atoms with Gasteiger partial charge in [0.1, 0.15) is 17.2 Å². The van der Waals surface area contributed by atoms with Gasteiger partial charge < -0.3 is 24.8 Å². The minimum atomic E-state index is -0.500. The van der Waals surface area contributed by atoms with Crippen molar-refractivity contribution >= 4 is 34.5 Å². The van der Waals surface area contributed by atoms with Crippen LogP contribution < -0.4 is 31.0 Å². The van der Waals surface area contributed by atoms with E-state index in [2.05, 4.69) is 30.8 Å². The Morgan fingerprint density at radius 1 is 1.14 bits per heavy atom. The number of hydrogen-bond acceptors (Lipinski definition) is 9. The SMILES string of the molecule is COc1c(OCCCN2CCOCC2)ccc2c3n(c(=NC(=O)c4ccc(NC(=O)NC(C)C(C)C)nc4)nc12)CCN3. The number of urea groups is 1. The van der Waals surface area contributed by atoms with Gasteiger partial charge in [-0.2, -0.15) is 4.99 Å². The zero-order valence-electron chi connectivity index (χ0n) is 25.2. The number of morpholine rings is 1. The van der Waals surface area contributed by atoms with Gasteiger partial charge in [0.25, 0.3) is 5.91 Å². The second-order valence-electron chi connectivity index (χ2n) is 11.0. The first kappa shape index (κ1) is 30.2. The average molecular weight is 593 g/mol. The molecule has 1 atom stereocenters. The van der Waals surface area contributed by atoms with E-state index in [4.69, 9.17) is 19.2 Å². The molecule has 3 amide bonds. The summed E-state index contributed by atoms with van der Waals surface area (Å²) in [4.78, 5) is 41.1. The van der Waals surface area contributed by atoms with E-state index in [1.54, 1.807) is 19.2 Å². The number of rotatable bonds is 10. The molecule has 1 unspecified atom stereocenters. The molecule has 4 heterocycles. The molecule has 1 saturated heterocycles. The van der Waals surface area contributed by atoms with Crippen LogP contribution in [0, 0.1) is 5.92 Å². The quantitative estimate of drug-likeness (QED) is 0.303. The van der Waals surface area contributed by atoms with E-state index in [1.807, 2.05) is 37.5 Å². The number of aromatic nitrogens is 3. The molecule has 13 heteroatoms. The van der Waals surface area contributed by atoms with Crippen LogP contribution in [0.15, 0.2) is 35.5 Å². The van der Waals surface area contributed by atoms with Gasteiger partial charge in [-0.25, -0.2) is 14.8 Å². The summed E-state index contributed by atoms with van der Waals surface area (Å²) in [6, 6.07) is 6.64. The number of nitrogens with zero attached hydrogens (tertiary/aromatic N) is 5. The molecule has 2 aliphatic rings. The minimum absolute atomic E-state index is 0.00412. The molecule has 5 rings (SSSR count). The Hall–Kier alpha value is -4.23. The van der Waals surface area contributed by atoms with E-state index in [0.717, 1.165) is 50.5 Å². The van der Waals surface area contributed by atoms with Crippen LogP contribution in [0.1, 0.15) is 37.6 Å². The number of nitrogens with one attached hydrogen (secondary N) is 3. The molecule has 13 nitrogen and oxygen atoms in total. The van der Waals surface area contributed by atoms with Gasteiger partial charge in [-0.3, -0.25) is 19.6 Å². The highest BCUT2D eigenvalue weighted by atomic mass is 16.5. The van der Waals surface area contributed by atoms with Gasteiger partial charge in [-0.15, -0.1) is 0 Å². The molecule has 1 aromatic carbocycles. The summed E-state index contributed by atoms with van der Waals surface area (Å²) in [7, 11) is 1.58. The predicted octanol–water partition coefficient (Wildman–Crippen LogP) is 2.87. The van der Waals surface area contributed by atoms with E-state index in [0.29, 0.717) is 48.4 Å². The number of benzene rings is 1. The summed E-state index contributed by atoms with van der Waals surface area (Å²) in [5.74, 6) is 2.02. The van der Waals surface area contributed by atoms with Crippen LogP contribution in [0.4, 0.5) is 16.4 Å². The Balaban J connectivity index is 1.34. The van der Waals surface area contributed by atoms with Crippen molar-refractivity contribution in [2.75, 3.05) is 63.7 Å². The smallest absolute Gasteiger partial charge is 0.320 e. The van der Waals surface area contributed by atoms with E-state index in [-0.39, 0.29) is 23.3 Å². The van der Waals surface area contributed by atoms with Crippen molar-refractivity contribution in [3.8, 4) is 11.5 Å². The second-order valence-corrected chi connectivity index (χ2v) is 11.0. The van der Waals surface area contributed by atoms with E-state index < -0.39 is 5.91 Å². The number of methoxy groups -OCH3 is 1. The fraction of sp³-hybridized carbons (Fsp3) is 0.500. The summed E-state index contributed by atoms with van der Waals surface area (Å²) in [5.41, 5.74) is 1.08. The highest BCUT2D eigenvalue weighted by molar-refractivity contribution is 5.97. The van der Waals surface area contributed by atoms with Gasteiger partial charge in [0.05, 0.1) is 32.5 Å². The Morgan fingerprint density at radius 2 is 1.95 bits per heavy atom.